The SMILES string of the molecule is N#Cc1c2n(c(=O)n([C@@H]3CCN(CC(F)(F)F)C3=O)c1=O)CCC2. The van der Waals surface area contributed by atoms with Crippen molar-refractivity contribution >= 4 is 5.91 Å². The summed E-state index contributed by atoms with van der Waals surface area (Å²) in [4.78, 5) is 37.7. The zero-order valence-corrected chi connectivity index (χ0v) is 12.5. The molecule has 0 aromatic carbocycles. The van der Waals surface area contributed by atoms with Crippen LogP contribution in [0.3, 0.4) is 0 Å². The van der Waals surface area contributed by atoms with Gasteiger partial charge in [-0.05, 0) is 19.3 Å². The fourth-order valence-corrected chi connectivity index (χ4v) is 3.33. The molecule has 7 nitrogen and oxygen atoms in total. The minimum atomic E-state index is -4.56. The third-order valence-corrected chi connectivity index (χ3v) is 4.34. The summed E-state index contributed by atoms with van der Waals surface area (Å²) in [6.07, 6.45) is -3.63. The van der Waals surface area contributed by atoms with Gasteiger partial charge in [0.05, 0.1) is 0 Å². The van der Waals surface area contributed by atoms with Gasteiger partial charge in [0.15, 0.2) is 0 Å². The van der Waals surface area contributed by atoms with E-state index >= 15 is 0 Å². The van der Waals surface area contributed by atoms with E-state index in [1.54, 1.807) is 6.07 Å². The smallest absolute Gasteiger partial charge is 0.332 e. The summed E-state index contributed by atoms with van der Waals surface area (Å²) >= 11 is 0. The molecule has 0 saturated carbocycles. The average molecular weight is 342 g/mol. The van der Waals surface area contributed by atoms with Gasteiger partial charge in [0, 0.05) is 18.8 Å². The van der Waals surface area contributed by atoms with Gasteiger partial charge in [0.25, 0.3) is 5.56 Å². The van der Waals surface area contributed by atoms with Crippen LogP contribution in [0.1, 0.15) is 30.1 Å². The second kappa shape index (κ2) is 5.51. The Morgan fingerprint density at radius 3 is 2.54 bits per heavy atom. The molecule has 1 aromatic heterocycles. The summed E-state index contributed by atoms with van der Waals surface area (Å²) in [5.74, 6) is -0.922. The summed E-state index contributed by atoms with van der Waals surface area (Å²) in [5, 5.41) is 9.19. The maximum atomic E-state index is 12.5. The van der Waals surface area contributed by atoms with E-state index in [0.717, 1.165) is 0 Å². The van der Waals surface area contributed by atoms with Crippen LogP contribution in [0.5, 0.6) is 0 Å². The van der Waals surface area contributed by atoms with Gasteiger partial charge in [-0.25, -0.2) is 9.36 Å². The van der Waals surface area contributed by atoms with E-state index in [1.807, 2.05) is 0 Å². The lowest BCUT2D eigenvalue weighted by atomic mass is 10.2. The molecule has 3 rings (SSSR count). The molecule has 0 unspecified atom stereocenters. The molecule has 0 spiro atoms. The van der Waals surface area contributed by atoms with E-state index in [9.17, 15) is 32.8 Å². The van der Waals surface area contributed by atoms with Crippen LogP contribution in [0, 0.1) is 11.3 Å². The number of aromatic nitrogens is 2. The van der Waals surface area contributed by atoms with Crippen molar-refractivity contribution in [2.75, 3.05) is 13.1 Å². The predicted octanol–water partition coefficient (Wildman–Crippen LogP) is 0.164. The van der Waals surface area contributed by atoms with Gasteiger partial charge in [-0.1, -0.05) is 0 Å². The van der Waals surface area contributed by atoms with Crippen LogP contribution in [0.4, 0.5) is 13.2 Å². The third-order valence-electron chi connectivity index (χ3n) is 4.34. The molecule has 1 amide bonds. The Kier molecular flexibility index (Phi) is 3.74. The van der Waals surface area contributed by atoms with Gasteiger partial charge in [0.2, 0.25) is 5.91 Å². The second-order valence-corrected chi connectivity index (χ2v) is 5.83. The Morgan fingerprint density at radius 1 is 1.21 bits per heavy atom. The molecule has 2 aliphatic rings. The van der Waals surface area contributed by atoms with Gasteiger partial charge >= 0.3 is 11.9 Å². The summed E-state index contributed by atoms with van der Waals surface area (Å²) in [6.45, 7) is -1.30. The van der Waals surface area contributed by atoms with E-state index in [1.165, 1.54) is 4.57 Å². The Morgan fingerprint density at radius 2 is 1.92 bits per heavy atom. The molecule has 1 aromatic rings. The lowest BCUT2D eigenvalue weighted by Gasteiger charge is -2.19. The number of alkyl halides is 3. The number of hydrogen-bond acceptors (Lipinski definition) is 4. The highest BCUT2D eigenvalue weighted by Gasteiger charge is 2.41. The van der Waals surface area contributed by atoms with Crippen LogP contribution in [-0.2, 0) is 17.8 Å². The lowest BCUT2D eigenvalue weighted by molar-refractivity contribution is -0.158. The quantitative estimate of drug-likeness (QED) is 0.766. The second-order valence-electron chi connectivity index (χ2n) is 5.83. The number of fused-ring (bicyclic) bond motifs is 1. The van der Waals surface area contributed by atoms with Gasteiger partial charge in [0.1, 0.15) is 24.2 Å². The highest BCUT2D eigenvalue weighted by atomic mass is 19.4. The van der Waals surface area contributed by atoms with Crippen LogP contribution in [0.15, 0.2) is 9.59 Å². The molecule has 1 saturated heterocycles. The van der Waals surface area contributed by atoms with E-state index in [4.69, 9.17) is 0 Å². The molecule has 1 fully saturated rings. The fraction of sp³-hybridized carbons (Fsp3) is 0.571. The summed E-state index contributed by atoms with van der Waals surface area (Å²) in [5.41, 5.74) is -1.52. The number of nitriles is 1. The maximum absolute atomic E-state index is 12.5. The summed E-state index contributed by atoms with van der Waals surface area (Å²) in [7, 11) is 0. The largest absolute Gasteiger partial charge is 0.406 e. The van der Waals surface area contributed by atoms with E-state index in [-0.39, 0.29) is 18.5 Å². The van der Waals surface area contributed by atoms with E-state index in [0.29, 0.717) is 34.5 Å². The van der Waals surface area contributed by atoms with Gasteiger partial charge in [-0.15, -0.1) is 0 Å². The van der Waals surface area contributed by atoms with Crippen molar-refractivity contribution in [3.8, 4) is 6.07 Å². The number of likely N-dealkylation sites (tertiary alicyclic amines) is 1. The number of amides is 1. The summed E-state index contributed by atoms with van der Waals surface area (Å²) in [6, 6.07) is 0.459. The Bertz CT molecular complexity index is 862. The molecule has 0 bridgehead atoms. The van der Waals surface area contributed by atoms with Gasteiger partial charge in [-0.2, -0.15) is 18.4 Å². The molecular weight excluding hydrogens is 329 g/mol. The molecule has 24 heavy (non-hydrogen) atoms. The standard InChI is InChI=1S/C14H13F3N4O3/c15-14(16,17)7-19-5-3-10(12(19)23)21-11(22)8(6-18)9-2-1-4-20(9)13(21)24/h10H,1-5,7H2/t10-/m1/s1. The number of carbonyl (C=O) groups is 1. The Labute approximate surface area is 133 Å². The first-order valence-electron chi connectivity index (χ1n) is 7.38. The first-order chi connectivity index (χ1) is 11.2. The molecule has 0 radical (unpaired) electrons. The van der Waals surface area contributed by atoms with Gasteiger partial charge in [-0.3, -0.25) is 14.2 Å². The maximum Gasteiger partial charge on any atom is 0.406 e. The fourth-order valence-electron chi connectivity index (χ4n) is 3.33. The van der Waals surface area contributed by atoms with Crippen LogP contribution >= 0.6 is 0 Å². The molecule has 128 valence electrons. The number of nitrogens with zero attached hydrogens (tertiary/aromatic N) is 4. The summed E-state index contributed by atoms with van der Waals surface area (Å²) < 4.78 is 39.4. The van der Waals surface area contributed by atoms with E-state index in [2.05, 4.69) is 0 Å². The third kappa shape index (κ3) is 2.50. The first kappa shape index (κ1) is 16.3. The van der Waals surface area contributed by atoms with Crippen LogP contribution in [0.25, 0.3) is 0 Å². The van der Waals surface area contributed by atoms with Crippen molar-refractivity contribution in [3.05, 3.63) is 32.1 Å². The number of rotatable bonds is 2. The Hall–Kier alpha value is -2.57. The monoisotopic (exact) mass is 342 g/mol. The van der Waals surface area contributed by atoms with Crippen molar-refractivity contribution in [1.29, 1.82) is 5.26 Å². The van der Waals surface area contributed by atoms with Crippen molar-refractivity contribution in [1.82, 2.24) is 14.0 Å². The highest BCUT2D eigenvalue weighted by molar-refractivity contribution is 5.82. The molecule has 3 heterocycles. The number of hydrogen-bond donors (Lipinski definition) is 0. The van der Waals surface area contributed by atoms with Crippen LogP contribution in [0.2, 0.25) is 0 Å². The van der Waals surface area contributed by atoms with Crippen LogP contribution < -0.4 is 11.2 Å². The zero-order chi connectivity index (χ0) is 17.6. The van der Waals surface area contributed by atoms with Crippen molar-refractivity contribution in [2.45, 2.75) is 38.0 Å². The predicted molar refractivity (Wildman–Crippen MR) is 74.3 cm³/mol. The minimum Gasteiger partial charge on any atom is -0.332 e. The number of carbonyl (C=O) groups excluding carboxylic acids is 1. The topological polar surface area (TPSA) is 88.1 Å². The normalized spacial score (nSPS) is 20.3. The molecule has 0 N–H and O–H groups in total. The first-order valence-corrected chi connectivity index (χ1v) is 7.38. The number of halogens is 3. The zero-order valence-electron chi connectivity index (χ0n) is 12.5. The van der Waals surface area contributed by atoms with Crippen molar-refractivity contribution in [3.63, 3.8) is 0 Å². The lowest BCUT2D eigenvalue weighted by Crippen LogP contribution is -2.46. The molecule has 1 atom stereocenters. The van der Waals surface area contributed by atoms with Gasteiger partial charge < -0.3 is 4.90 Å². The highest BCUT2D eigenvalue weighted by Crippen LogP contribution is 2.26. The molecule has 2 aliphatic heterocycles. The minimum absolute atomic E-state index is 0.0751. The molecule has 0 aliphatic carbocycles. The van der Waals surface area contributed by atoms with Crippen molar-refractivity contribution in [2.24, 2.45) is 0 Å². The molecular formula is C14H13F3N4O3. The van der Waals surface area contributed by atoms with Crippen LogP contribution in [-0.4, -0.2) is 39.2 Å². The van der Waals surface area contributed by atoms with Crippen molar-refractivity contribution < 1.29 is 18.0 Å². The van der Waals surface area contributed by atoms with E-state index < -0.39 is 35.9 Å². The Balaban J connectivity index is 2.06. The molecule has 10 heteroatoms. The average Bonchev–Trinajstić information content (AvgIpc) is 3.08.